The number of nitrogens with zero attached hydrogens (tertiary/aromatic N) is 3. The predicted octanol–water partition coefficient (Wildman–Crippen LogP) is 5.86. The molecule has 1 fully saturated rings. The number of halogens is 2. The highest BCUT2D eigenvalue weighted by atomic mass is 35.5. The number of ether oxygens (including phenoxy) is 2. The summed E-state index contributed by atoms with van der Waals surface area (Å²) in [4.78, 5) is 6.62. The van der Waals surface area contributed by atoms with Crippen molar-refractivity contribution in [1.29, 1.82) is 0 Å². The minimum absolute atomic E-state index is 0.0529. The van der Waals surface area contributed by atoms with Crippen molar-refractivity contribution in [3.63, 3.8) is 0 Å². The van der Waals surface area contributed by atoms with Gasteiger partial charge < -0.3 is 24.3 Å². The third kappa shape index (κ3) is 4.19. The molecule has 0 saturated carbocycles. The number of pyridine rings is 1. The van der Waals surface area contributed by atoms with Crippen molar-refractivity contribution in [3.05, 3.63) is 101 Å². The summed E-state index contributed by atoms with van der Waals surface area (Å²) in [6.07, 6.45) is 3.67. The molecule has 0 aliphatic carbocycles. The average Bonchev–Trinajstić information content (AvgIpc) is 3.50. The normalized spacial score (nSPS) is 17.4. The highest BCUT2D eigenvalue weighted by molar-refractivity contribution is 7.80. The van der Waals surface area contributed by atoms with Gasteiger partial charge in [-0.15, -0.1) is 0 Å². The molecule has 1 aliphatic heterocycles. The van der Waals surface area contributed by atoms with Gasteiger partial charge in [-0.25, -0.2) is 4.39 Å². The second-order valence-electron chi connectivity index (χ2n) is 7.94. The van der Waals surface area contributed by atoms with E-state index in [0.717, 1.165) is 22.8 Å². The van der Waals surface area contributed by atoms with Gasteiger partial charge in [0.1, 0.15) is 23.4 Å². The molecule has 0 amide bonds. The maximum atomic E-state index is 13.9. The summed E-state index contributed by atoms with van der Waals surface area (Å²) in [5.74, 6) is 0.817. The molecule has 0 bridgehead atoms. The van der Waals surface area contributed by atoms with Crippen LogP contribution in [0.25, 0.3) is 5.69 Å². The highest BCUT2D eigenvalue weighted by Crippen LogP contribution is 2.45. The Morgan fingerprint density at radius 3 is 2.60 bits per heavy atom. The van der Waals surface area contributed by atoms with Gasteiger partial charge in [-0.2, -0.15) is 0 Å². The Kier molecular flexibility index (Phi) is 6.32. The molecule has 6 nitrogen and oxygen atoms in total. The summed E-state index contributed by atoms with van der Waals surface area (Å²) in [6, 6.07) is 19.4. The van der Waals surface area contributed by atoms with E-state index in [9.17, 15) is 4.39 Å². The second-order valence-corrected chi connectivity index (χ2v) is 8.73. The van der Waals surface area contributed by atoms with E-state index >= 15 is 0 Å². The zero-order valence-corrected chi connectivity index (χ0v) is 20.6. The number of hydrogen-bond acceptors (Lipinski definition) is 4. The van der Waals surface area contributed by atoms with Gasteiger partial charge >= 0.3 is 0 Å². The fraction of sp³-hybridized carbons (Fsp3) is 0.154. The van der Waals surface area contributed by atoms with Crippen LogP contribution in [0.5, 0.6) is 11.5 Å². The lowest BCUT2D eigenvalue weighted by molar-refractivity contribution is 0.394. The van der Waals surface area contributed by atoms with Crippen LogP contribution in [-0.2, 0) is 0 Å². The molecular weight excluding hydrogens is 487 g/mol. The second kappa shape index (κ2) is 9.56. The van der Waals surface area contributed by atoms with Gasteiger partial charge in [0.15, 0.2) is 5.11 Å². The minimum atomic E-state index is -0.469. The van der Waals surface area contributed by atoms with E-state index < -0.39 is 5.82 Å². The summed E-state index contributed by atoms with van der Waals surface area (Å²) in [5, 5.41) is 4.02. The number of rotatable bonds is 6. The minimum Gasteiger partial charge on any atom is -0.497 e. The van der Waals surface area contributed by atoms with E-state index in [2.05, 4.69) is 10.3 Å². The van der Waals surface area contributed by atoms with Gasteiger partial charge in [-0.1, -0.05) is 17.7 Å². The van der Waals surface area contributed by atoms with Crippen LogP contribution in [0.1, 0.15) is 23.5 Å². The van der Waals surface area contributed by atoms with E-state index in [0.29, 0.717) is 16.6 Å². The Bertz CT molecular complexity index is 1380. The van der Waals surface area contributed by atoms with Crippen LogP contribution in [0.2, 0.25) is 5.02 Å². The molecule has 9 heteroatoms. The fourth-order valence-corrected chi connectivity index (χ4v) is 4.92. The molecule has 2 aromatic heterocycles. The number of methoxy groups -OCH3 is 2. The maximum absolute atomic E-state index is 13.9. The molecule has 4 aromatic rings. The van der Waals surface area contributed by atoms with Gasteiger partial charge in [0.2, 0.25) is 0 Å². The van der Waals surface area contributed by atoms with Crippen LogP contribution in [0.4, 0.5) is 10.1 Å². The van der Waals surface area contributed by atoms with E-state index in [-0.39, 0.29) is 17.1 Å². The quantitative estimate of drug-likeness (QED) is 0.329. The van der Waals surface area contributed by atoms with Gasteiger partial charge in [0, 0.05) is 29.8 Å². The standard InChI is InChI=1S/C26H22ClFN4O2S/c1-33-17-9-11-21(23(15-17)34-2)32-25(24(30-26(32)35)20-6-3-4-12-29-20)22-7-5-13-31(22)16-8-10-19(28)18(27)14-16/h3-15,24-25H,1-2H3,(H,30,35)/t24-,25+/m0/s1. The monoisotopic (exact) mass is 508 g/mol. The van der Waals surface area contributed by atoms with Crippen molar-refractivity contribution in [1.82, 2.24) is 14.9 Å². The first kappa shape index (κ1) is 23.1. The molecule has 1 N–H and O–H groups in total. The van der Waals surface area contributed by atoms with Crippen molar-refractivity contribution in [2.45, 2.75) is 12.1 Å². The van der Waals surface area contributed by atoms with E-state index in [4.69, 9.17) is 33.3 Å². The lowest BCUT2D eigenvalue weighted by atomic mass is 10.0. The molecule has 5 rings (SSSR count). The molecule has 178 valence electrons. The summed E-state index contributed by atoms with van der Waals surface area (Å²) in [5.41, 5.74) is 3.25. The van der Waals surface area contributed by atoms with Crippen molar-refractivity contribution >= 4 is 34.6 Å². The molecular formula is C26H22ClFN4O2S. The third-order valence-corrected chi connectivity index (χ3v) is 6.61. The van der Waals surface area contributed by atoms with Crippen molar-refractivity contribution < 1.29 is 13.9 Å². The number of aromatic nitrogens is 2. The fourth-order valence-electron chi connectivity index (χ4n) is 4.40. The number of nitrogens with one attached hydrogen (secondary N) is 1. The number of benzene rings is 2. The number of anilines is 1. The molecule has 2 aromatic carbocycles. The smallest absolute Gasteiger partial charge is 0.174 e. The molecule has 0 spiro atoms. The van der Waals surface area contributed by atoms with Crippen LogP contribution >= 0.6 is 23.8 Å². The molecule has 1 saturated heterocycles. The van der Waals surface area contributed by atoms with E-state index in [1.54, 1.807) is 32.5 Å². The molecule has 0 unspecified atom stereocenters. The Hall–Kier alpha value is -3.62. The summed E-state index contributed by atoms with van der Waals surface area (Å²) in [6.45, 7) is 0. The molecule has 1 aliphatic rings. The zero-order valence-electron chi connectivity index (χ0n) is 19.0. The van der Waals surface area contributed by atoms with Crippen LogP contribution in [0, 0.1) is 5.82 Å². The lowest BCUT2D eigenvalue weighted by Crippen LogP contribution is -2.30. The molecule has 0 radical (unpaired) electrons. The van der Waals surface area contributed by atoms with Crippen LogP contribution in [0.15, 0.2) is 79.1 Å². The summed E-state index contributed by atoms with van der Waals surface area (Å²) in [7, 11) is 3.22. The first-order valence-corrected chi connectivity index (χ1v) is 11.7. The zero-order chi connectivity index (χ0) is 24.5. The molecule has 2 atom stereocenters. The average molecular weight is 509 g/mol. The first-order valence-electron chi connectivity index (χ1n) is 10.9. The van der Waals surface area contributed by atoms with Gasteiger partial charge in [0.05, 0.1) is 36.7 Å². The van der Waals surface area contributed by atoms with Crippen LogP contribution < -0.4 is 19.7 Å². The SMILES string of the molecule is COc1ccc(N2C(=S)N[C@@H](c3ccccn3)[C@H]2c2cccn2-c2ccc(F)c(Cl)c2)c(OC)c1. The highest BCUT2D eigenvalue weighted by Gasteiger charge is 2.43. The first-order chi connectivity index (χ1) is 17.0. The van der Waals surface area contributed by atoms with E-state index in [1.807, 2.05) is 64.2 Å². The van der Waals surface area contributed by atoms with Crippen molar-refractivity contribution in [3.8, 4) is 17.2 Å². The largest absolute Gasteiger partial charge is 0.497 e. The Balaban J connectivity index is 1.69. The van der Waals surface area contributed by atoms with Gasteiger partial charge in [0.25, 0.3) is 0 Å². The van der Waals surface area contributed by atoms with Gasteiger partial charge in [-0.05, 0) is 66.8 Å². The Labute approximate surface area is 212 Å². The van der Waals surface area contributed by atoms with Crippen molar-refractivity contribution in [2.24, 2.45) is 0 Å². The molecule has 3 heterocycles. The third-order valence-electron chi connectivity index (χ3n) is 6.01. The predicted molar refractivity (Wildman–Crippen MR) is 138 cm³/mol. The Morgan fingerprint density at radius 1 is 1.03 bits per heavy atom. The van der Waals surface area contributed by atoms with E-state index in [1.165, 1.54) is 6.07 Å². The maximum Gasteiger partial charge on any atom is 0.174 e. The Morgan fingerprint density at radius 2 is 1.89 bits per heavy atom. The summed E-state index contributed by atoms with van der Waals surface area (Å²) < 4.78 is 27.0. The van der Waals surface area contributed by atoms with Crippen LogP contribution in [-0.4, -0.2) is 28.9 Å². The lowest BCUT2D eigenvalue weighted by Gasteiger charge is -2.30. The summed E-state index contributed by atoms with van der Waals surface area (Å²) >= 11 is 12.0. The van der Waals surface area contributed by atoms with Crippen molar-refractivity contribution in [2.75, 3.05) is 19.1 Å². The molecule has 35 heavy (non-hydrogen) atoms. The number of thiocarbonyl (C=S) groups is 1. The van der Waals surface area contributed by atoms with Gasteiger partial charge in [-0.3, -0.25) is 4.98 Å². The topological polar surface area (TPSA) is 51.5 Å². The number of hydrogen-bond donors (Lipinski definition) is 1. The van der Waals surface area contributed by atoms with Crippen LogP contribution in [0.3, 0.4) is 0 Å².